The van der Waals surface area contributed by atoms with Crippen molar-refractivity contribution < 1.29 is 0 Å². The highest BCUT2D eigenvalue weighted by Crippen LogP contribution is 2.28. The molecule has 0 heterocycles. The van der Waals surface area contributed by atoms with Crippen LogP contribution >= 0.6 is 11.8 Å². The Hall–Kier alpha value is -1.73. The summed E-state index contributed by atoms with van der Waals surface area (Å²) >= 11 is 1.53. The van der Waals surface area contributed by atoms with Crippen LogP contribution in [0.2, 0.25) is 0 Å². The quantitative estimate of drug-likeness (QED) is 0.291. The van der Waals surface area contributed by atoms with Crippen LogP contribution in [0, 0.1) is 11.5 Å². The molecule has 17 heavy (non-hydrogen) atoms. The van der Waals surface area contributed by atoms with Gasteiger partial charge in [-0.2, -0.15) is 5.26 Å². The molecule has 1 aromatic rings. The molecule has 1 atom stereocenters. The minimum absolute atomic E-state index is 0.251. The van der Waals surface area contributed by atoms with Gasteiger partial charge in [0.2, 0.25) is 0 Å². The fourth-order valence-corrected chi connectivity index (χ4v) is 2.14. The molecule has 0 aliphatic carbocycles. The van der Waals surface area contributed by atoms with Crippen molar-refractivity contribution in [2.75, 3.05) is 6.54 Å². The Balaban J connectivity index is 2.67. The lowest BCUT2D eigenvalue weighted by molar-refractivity contribution is 1.10. The highest BCUT2D eigenvalue weighted by atomic mass is 32.2. The van der Waals surface area contributed by atoms with Crippen LogP contribution in [0.3, 0.4) is 0 Å². The summed E-state index contributed by atoms with van der Waals surface area (Å²) in [4.78, 5) is 4.23. The number of benzene rings is 1. The van der Waals surface area contributed by atoms with Crippen molar-refractivity contribution in [3.8, 4) is 6.19 Å². The van der Waals surface area contributed by atoms with Gasteiger partial charge in [-0.15, -0.1) is 6.58 Å². The van der Waals surface area contributed by atoms with E-state index in [1.807, 2.05) is 24.4 Å². The van der Waals surface area contributed by atoms with Gasteiger partial charge in [0.15, 0.2) is 11.4 Å². The Bertz CT molecular complexity index is 420. The normalized spacial score (nSPS) is 12.6. The number of aliphatic imine (C=N–C) groups is 1. The number of hydrogen-bond acceptors (Lipinski definition) is 3. The topological polar surface area (TPSA) is 48.2 Å². The molecule has 1 aromatic carbocycles. The molecule has 4 heteroatoms. The maximum absolute atomic E-state index is 8.64. The average molecular weight is 245 g/mol. The first-order valence-corrected chi connectivity index (χ1v) is 6.18. The maximum atomic E-state index is 8.64. The van der Waals surface area contributed by atoms with Crippen molar-refractivity contribution in [3.63, 3.8) is 0 Å². The molecule has 1 unspecified atom stereocenters. The molecule has 0 saturated heterocycles. The van der Waals surface area contributed by atoms with Gasteiger partial charge in [-0.05, 0) is 12.5 Å². The van der Waals surface area contributed by atoms with Crippen molar-refractivity contribution >= 4 is 16.9 Å². The van der Waals surface area contributed by atoms with E-state index in [-0.39, 0.29) is 5.25 Å². The van der Waals surface area contributed by atoms with Gasteiger partial charge in [-0.1, -0.05) is 48.2 Å². The highest BCUT2D eigenvalue weighted by molar-refractivity contribution is 8.14. The van der Waals surface area contributed by atoms with Gasteiger partial charge in [0.25, 0.3) is 0 Å². The van der Waals surface area contributed by atoms with Crippen molar-refractivity contribution in [1.82, 2.24) is 5.32 Å². The standard InChI is InChI=1S/C13H15N3S/c1-3-9-15-13(16-10-14)17-11(2)12-7-5-4-6-8-12/h3-8,11H,1,9H2,2H3,(H,15,16). The molecule has 0 aromatic heterocycles. The molecule has 1 rings (SSSR count). The lowest BCUT2D eigenvalue weighted by Gasteiger charge is -2.11. The second-order valence-corrected chi connectivity index (χ2v) is 4.67. The first kappa shape index (κ1) is 13.3. The molecule has 88 valence electrons. The van der Waals surface area contributed by atoms with E-state index in [1.54, 1.807) is 6.08 Å². The number of hydrogen-bond donors (Lipinski definition) is 1. The van der Waals surface area contributed by atoms with E-state index < -0.39 is 0 Å². The maximum Gasteiger partial charge on any atom is 0.183 e. The Morgan fingerprint density at radius 3 is 2.88 bits per heavy atom. The monoisotopic (exact) mass is 245 g/mol. The summed E-state index contributed by atoms with van der Waals surface area (Å²) in [6.45, 7) is 6.20. The predicted octanol–water partition coefficient (Wildman–Crippen LogP) is 3.09. The SMILES string of the molecule is C=CCN=C(NC#N)SC(C)c1ccccc1. The van der Waals surface area contributed by atoms with Crippen LogP contribution in [0.15, 0.2) is 48.0 Å². The van der Waals surface area contributed by atoms with Gasteiger partial charge in [0.1, 0.15) is 0 Å². The molecular weight excluding hydrogens is 230 g/mol. The van der Waals surface area contributed by atoms with Crippen LogP contribution in [0.4, 0.5) is 0 Å². The van der Waals surface area contributed by atoms with E-state index in [4.69, 9.17) is 5.26 Å². The van der Waals surface area contributed by atoms with E-state index >= 15 is 0 Å². The van der Waals surface area contributed by atoms with Gasteiger partial charge in [-0.3, -0.25) is 10.3 Å². The van der Waals surface area contributed by atoms with Gasteiger partial charge < -0.3 is 0 Å². The fraction of sp³-hybridized carbons (Fsp3) is 0.231. The Kier molecular flexibility index (Phi) is 5.91. The van der Waals surface area contributed by atoms with E-state index in [0.717, 1.165) is 0 Å². The van der Waals surface area contributed by atoms with E-state index in [1.165, 1.54) is 17.3 Å². The molecule has 0 bridgehead atoms. The lowest BCUT2D eigenvalue weighted by atomic mass is 10.2. The second-order valence-electron chi connectivity index (χ2n) is 3.34. The van der Waals surface area contributed by atoms with Crippen LogP contribution in [-0.2, 0) is 0 Å². The number of nitrogens with one attached hydrogen (secondary N) is 1. The smallest absolute Gasteiger partial charge is 0.183 e. The van der Waals surface area contributed by atoms with Gasteiger partial charge >= 0.3 is 0 Å². The Labute approximate surface area is 106 Å². The third-order valence-corrected chi connectivity index (χ3v) is 3.16. The van der Waals surface area contributed by atoms with E-state index in [9.17, 15) is 0 Å². The molecule has 0 saturated carbocycles. The van der Waals surface area contributed by atoms with Gasteiger partial charge in [-0.25, -0.2) is 0 Å². The highest BCUT2D eigenvalue weighted by Gasteiger charge is 2.09. The van der Waals surface area contributed by atoms with Crippen LogP contribution in [-0.4, -0.2) is 11.7 Å². The van der Waals surface area contributed by atoms with Crippen molar-refractivity contribution in [2.45, 2.75) is 12.2 Å². The number of rotatable bonds is 4. The Morgan fingerprint density at radius 2 is 2.29 bits per heavy atom. The van der Waals surface area contributed by atoms with Crippen LogP contribution in [0.25, 0.3) is 0 Å². The Morgan fingerprint density at radius 1 is 1.59 bits per heavy atom. The largest absolute Gasteiger partial charge is 0.272 e. The molecule has 0 aliphatic heterocycles. The second kappa shape index (κ2) is 7.53. The zero-order valence-corrected chi connectivity index (χ0v) is 10.6. The molecule has 0 amide bonds. The summed E-state index contributed by atoms with van der Waals surface area (Å²) in [6.07, 6.45) is 3.60. The summed E-state index contributed by atoms with van der Waals surface area (Å²) < 4.78 is 0. The molecule has 0 aliphatic rings. The minimum atomic E-state index is 0.251. The zero-order chi connectivity index (χ0) is 12.5. The number of thioether (sulfide) groups is 1. The molecule has 0 fully saturated rings. The van der Waals surface area contributed by atoms with E-state index in [0.29, 0.717) is 11.7 Å². The molecule has 0 spiro atoms. The summed E-state index contributed by atoms with van der Waals surface area (Å²) in [7, 11) is 0. The zero-order valence-electron chi connectivity index (χ0n) is 9.76. The first-order chi connectivity index (χ1) is 8.27. The first-order valence-electron chi connectivity index (χ1n) is 5.30. The predicted molar refractivity (Wildman–Crippen MR) is 73.7 cm³/mol. The number of nitrogens with zero attached hydrogens (tertiary/aromatic N) is 2. The molecular formula is C13H15N3S. The van der Waals surface area contributed by atoms with Crippen molar-refractivity contribution in [2.24, 2.45) is 4.99 Å². The fourth-order valence-electron chi connectivity index (χ4n) is 1.26. The summed E-state index contributed by atoms with van der Waals surface area (Å²) in [6, 6.07) is 10.1. The lowest BCUT2D eigenvalue weighted by Crippen LogP contribution is -2.15. The van der Waals surface area contributed by atoms with Gasteiger partial charge in [0, 0.05) is 5.25 Å². The average Bonchev–Trinajstić information content (AvgIpc) is 2.37. The summed E-state index contributed by atoms with van der Waals surface area (Å²) in [5.41, 5.74) is 1.21. The third kappa shape index (κ3) is 4.75. The molecule has 0 radical (unpaired) electrons. The molecule has 1 N–H and O–H groups in total. The molecule has 3 nitrogen and oxygen atoms in total. The minimum Gasteiger partial charge on any atom is -0.272 e. The number of amidine groups is 1. The van der Waals surface area contributed by atoms with Crippen LogP contribution in [0.1, 0.15) is 17.7 Å². The van der Waals surface area contributed by atoms with Crippen molar-refractivity contribution in [1.29, 1.82) is 5.26 Å². The number of nitriles is 1. The van der Waals surface area contributed by atoms with E-state index in [2.05, 4.69) is 35.9 Å². The summed E-state index contributed by atoms with van der Waals surface area (Å²) in [5, 5.41) is 12.1. The van der Waals surface area contributed by atoms with Crippen LogP contribution < -0.4 is 5.32 Å². The van der Waals surface area contributed by atoms with Crippen LogP contribution in [0.5, 0.6) is 0 Å². The van der Waals surface area contributed by atoms with Crippen molar-refractivity contribution in [3.05, 3.63) is 48.6 Å². The summed E-state index contributed by atoms with van der Waals surface area (Å²) in [5.74, 6) is 0. The third-order valence-electron chi connectivity index (χ3n) is 2.08. The van der Waals surface area contributed by atoms with Gasteiger partial charge in [0.05, 0.1) is 6.54 Å².